The van der Waals surface area contributed by atoms with Crippen LogP contribution in [0.5, 0.6) is 0 Å². The molecule has 1 aliphatic rings. The Morgan fingerprint density at radius 2 is 1.88 bits per heavy atom. The van der Waals surface area contributed by atoms with E-state index in [0.29, 0.717) is 44.0 Å². The van der Waals surface area contributed by atoms with Gasteiger partial charge in [-0.3, -0.25) is 9.00 Å². The van der Waals surface area contributed by atoms with E-state index in [2.05, 4.69) is 5.32 Å². The van der Waals surface area contributed by atoms with E-state index in [1.54, 1.807) is 4.90 Å². The molecule has 0 unspecified atom stereocenters. The second kappa shape index (κ2) is 7.26. The number of carboxylic acids is 1. The van der Waals surface area contributed by atoms with E-state index in [9.17, 15) is 13.8 Å². The number of carboxylic acid groups (broad SMARTS) is 1. The standard InChI is InChI=1S/C10H18N2O4S/c13-9(14)3-1-2-4-11-10(15)12-5-7-17(16)8-6-12/h1-8H2,(H,11,15)(H,13,14). The van der Waals surface area contributed by atoms with Gasteiger partial charge in [-0.2, -0.15) is 0 Å². The van der Waals surface area contributed by atoms with Crippen LogP contribution in [0, 0.1) is 0 Å². The maximum absolute atomic E-state index is 11.6. The average Bonchev–Trinajstić information content (AvgIpc) is 2.29. The number of hydrogen-bond acceptors (Lipinski definition) is 3. The highest BCUT2D eigenvalue weighted by molar-refractivity contribution is 7.85. The van der Waals surface area contributed by atoms with Gasteiger partial charge in [0, 0.05) is 48.4 Å². The smallest absolute Gasteiger partial charge is 0.317 e. The molecule has 6 nitrogen and oxygen atoms in total. The first-order valence-corrected chi connectivity index (χ1v) is 7.18. The number of urea groups is 1. The van der Waals surface area contributed by atoms with Crippen LogP contribution in [-0.4, -0.2) is 57.4 Å². The summed E-state index contributed by atoms with van der Waals surface area (Å²) in [6, 6.07) is -0.142. The Kier molecular flexibility index (Phi) is 5.96. The maximum atomic E-state index is 11.6. The molecule has 1 fully saturated rings. The number of nitrogens with zero attached hydrogens (tertiary/aromatic N) is 1. The number of nitrogens with one attached hydrogen (secondary N) is 1. The van der Waals surface area contributed by atoms with E-state index >= 15 is 0 Å². The summed E-state index contributed by atoms with van der Waals surface area (Å²) in [6.07, 6.45) is 1.37. The normalized spacial score (nSPS) is 16.8. The molecular formula is C10H18N2O4S. The molecule has 1 rings (SSSR count). The summed E-state index contributed by atoms with van der Waals surface area (Å²) < 4.78 is 11.1. The predicted octanol–water partition coefficient (Wildman–Crippen LogP) is 0.0152. The Bertz CT molecular complexity index is 299. The molecule has 7 heteroatoms. The molecule has 0 atom stereocenters. The summed E-state index contributed by atoms with van der Waals surface area (Å²) in [6.45, 7) is 1.56. The molecule has 1 heterocycles. The maximum Gasteiger partial charge on any atom is 0.317 e. The zero-order chi connectivity index (χ0) is 12.7. The van der Waals surface area contributed by atoms with Crippen LogP contribution in [0.15, 0.2) is 0 Å². The zero-order valence-corrected chi connectivity index (χ0v) is 10.5. The van der Waals surface area contributed by atoms with Gasteiger partial charge in [-0.1, -0.05) is 0 Å². The van der Waals surface area contributed by atoms with Gasteiger partial charge in [0.05, 0.1) is 0 Å². The lowest BCUT2D eigenvalue weighted by Gasteiger charge is -2.26. The van der Waals surface area contributed by atoms with Crippen molar-refractivity contribution in [3.8, 4) is 0 Å². The number of carbonyl (C=O) groups is 2. The minimum atomic E-state index is -0.810. The fourth-order valence-corrected chi connectivity index (χ4v) is 2.60. The molecule has 0 bridgehead atoms. The molecule has 17 heavy (non-hydrogen) atoms. The Hall–Kier alpha value is -1.11. The summed E-state index contributed by atoms with van der Waals surface area (Å²) in [7, 11) is -0.778. The van der Waals surface area contributed by atoms with Crippen molar-refractivity contribution < 1.29 is 18.9 Å². The van der Waals surface area contributed by atoms with Crippen LogP contribution in [0.25, 0.3) is 0 Å². The van der Waals surface area contributed by atoms with Crippen LogP contribution in [0.3, 0.4) is 0 Å². The van der Waals surface area contributed by atoms with Crippen LogP contribution < -0.4 is 5.32 Å². The third kappa shape index (κ3) is 5.67. The van der Waals surface area contributed by atoms with Gasteiger partial charge < -0.3 is 15.3 Å². The van der Waals surface area contributed by atoms with Crippen LogP contribution in [0.1, 0.15) is 19.3 Å². The van der Waals surface area contributed by atoms with Gasteiger partial charge in [-0.05, 0) is 12.8 Å². The molecule has 98 valence electrons. The lowest BCUT2D eigenvalue weighted by atomic mass is 10.2. The van der Waals surface area contributed by atoms with E-state index in [0.717, 1.165) is 0 Å². The Labute approximate surface area is 103 Å². The highest BCUT2D eigenvalue weighted by Gasteiger charge is 2.19. The third-order valence-electron chi connectivity index (χ3n) is 2.56. The number of carbonyl (C=O) groups excluding carboxylic acids is 1. The van der Waals surface area contributed by atoms with Crippen LogP contribution >= 0.6 is 0 Å². The van der Waals surface area contributed by atoms with Crippen molar-refractivity contribution in [2.24, 2.45) is 0 Å². The highest BCUT2D eigenvalue weighted by Crippen LogP contribution is 2.00. The van der Waals surface area contributed by atoms with Crippen molar-refractivity contribution in [3.05, 3.63) is 0 Å². The lowest BCUT2D eigenvalue weighted by molar-refractivity contribution is -0.137. The molecule has 0 saturated carbocycles. The summed E-state index contributed by atoms with van der Waals surface area (Å²) in [5, 5.41) is 11.2. The van der Waals surface area contributed by atoms with Crippen molar-refractivity contribution in [3.63, 3.8) is 0 Å². The van der Waals surface area contributed by atoms with E-state index in [-0.39, 0.29) is 12.5 Å². The van der Waals surface area contributed by atoms with Gasteiger partial charge in [-0.25, -0.2) is 4.79 Å². The van der Waals surface area contributed by atoms with Gasteiger partial charge in [0.15, 0.2) is 0 Å². The third-order valence-corrected chi connectivity index (χ3v) is 3.83. The molecule has 0 aliphatic carbocycles. The number of rotatable bonds is 5. The van der Waals surface area contributed by atoms with E-state index in [4.69, 9.17) is 5.11 Å². The fourth-order valence-electron chi connectivity index (χ4n) is 1.55. The van der Waals surface area contributed by atoms with Crippen molar-refractivity contribution >= 4 is 22.8 Å². The van der Waals surface area contributed by atoms with E-state index in [1.807, 2.05) is 0 Å². The molecule has 0 spiro atoms. The molecule has 0 aromatic heterocycles. The Morgan fingerprint density at radius 3 is 2.47 bits per heavy atom. The fraction of sp³-hybridized carbons (Fsp3) is 0.800. The first-order chi connectivity index (χ1) is 8.09. The molecule has 0 aromatic carbocycles. The number of unbranched alkanes of at least 4 members (excludes halogenated alkanes) is 1. The van der Waals surface area contributed by atoms with Crippen molar-refractivity contribution in [2.45, 2.75) is 19.3 Å². The molecule has 1 aliphatic heterocycles. The minimum absolute atomic E-state index is 0.137. The van der Waals surface area contributed by atoms with Crippen molar-refractivity contribution in [1.82, 2.24) is 10.2 Å². The van der Waals surface area contributed by atoms with Gasteiger partial charge in [0.1, 0.15) is 0 Å². The minimum Gasteiger partial charge on any atom is -0.481 e. The number of hydrogen-bond donors (Lipinski definition) is 2. The topological polar surface area (TPSA) is 86.7 Å². The highest BCUT2D eigenvalue weighted by atomic mass is 32.2. The predicted molar refractivity (Wildman–Crippen MR) is 64.3 cm³/mol. The Morgan fingerprint density at radius 1 is 1.24 bits per heavy atom. The second-order valence-corrected chi connectivity index (χ2v) is 5.61. The van der Waals surface area contributed by atoms with E-state index in [1.165, 1.54) is 0 Å². The van der Waals surface area contributed by atoms with Crippen LogP contribution in [0.2, 0.25) is 0 Å². The van der Waals surface area contributed by atoms with Gasteiger partial charge >= 0.3 is 12.0 Å². The SMILES string of the molecule is O=C(O)CCCCNC(=O)N1CCS(=O)CC1. The first-order valence-electron chi connectivity index (χ1n) is 5.69. The van der Waals surface area contributed by atoms with Gasteiger partial charge in [0.25, 0.3) is 0 Å². The van der Waals surface area contributed by atoms with Crippen LogP contribution in [-0.2, 0) is 15.6 Å². The first kappa shape index (κ1) is 14.0. The molecule has 2 N–H and O–H groups in total. The second-order valence-electron chi connectivity index (χ2n) is 3.92. The number of amides is 2. The number of aliphatic carboxylic acids is 1. The monoisotopic (exact) mass is 262 g/mol. The molecule has 2 amide bonds. The van der Waals surface area contributed by atoms with Crippen LogP contribution in [0.4, 0.5) is 4.79 Å². The van der Waals surface area contributed by atoms with Gasteiger partial charge in [-0.15, -0.1) is 0 Å². The quantitative estimate of drug-likeness (QED) is 0.684. The molecular weight excluding hydrogens is 244 g/mol. The zero-order valence-electron chi connectivity index (χ0n) is 9.68. The largest absolute Gasteiger partial charge is 0.481 e. The lowest BCUT2D eigenvalue weighted by Crippen LogP contribution is -2.47. The summed E-state index contributed by atoms with van der Waals surface area (Å²) >= 11 is 0. The molecule has 1 saturated heterocycles. The Balaban J connectivity index is 2.08. The van der Waals surface area contributed by atoms with Crippen molar-refractivity contribution in [1.29, 1.82) is 0 Å². The van der Waals surface area contributed by atoms with Crippen molar-refractivity contribution in [2.75, 3.05) is 31.1 Å². The summed E-state index contributed by atoms with van der Waals surface area (Å²) in [4.78, 5) is 23.5. The molecule has 0 radical (unpaired) electrons. The molecule has 0 aromatic rings. The summed E-state index contributed by atoms with van der Waals surface area (Å²) in [5.74, 6) is 0.286. The van der Waals surface area contributed by atoms with Gasteiger partial charge in [0.2, 0.25) is 0 Å². The summed E-state index contributed by atoms with van der Waals surface area (Å²) in [5.41, 5.74) is 0. The average molecular weight is 262 g/mol. The van der Waals surface area contributed by atoms with E-state index < -0.39 is 16.8 Å².